The first-order valence-electron chi connectivity index (χ1n) is 12.3. The largest absolute Gasteiger partial charge is 0.460 e. The van der Waals surface area contributed by atoms with Crippen LogP contribution in [-0.4, -0.2) is 67.2 Å². The topological polar surface area (TPSA) is 193 Å². The van der Waals surface area contributed by atoms with Gasteiger partial charge in [-0.3, -0.25) is 13.9 Å². The van der Waals surface area contributed by atoms with Crippen molar-refractivity contribution in [2.45, 2.75) is 31.1 Å². The maximum atomic E-state index is 13.7. The average Bonchev–Trinajstić information content (AvgIpc) is 3.46. The lowest BCUT2D eigenvalue weighted by atomic mass is 10.1. The Morgan fingerprint density at radius 1 is 1.10 bits per heavy atom. The molecular weight excluding hydrogens is 579 g/mol. The summed E-state index contributed by atoms with van der Waals surface area (Å²) in [6.45, 7) is -0.990. The molecule has 4 aromatic rings. The molecule has 5 N–H and O–H groups in total. The molecule has 5 rings (SSSR count). The van der Waals surface area contributed by atoms with Gasteiger partial charge in [-0.25, -0.2) is 24.6 Å². The van der Waals surface area contributed by atoms with E-state index in [0.29, 0.717) is 0 Å². The quantitative estimate of drug-likeness (QED) is 0.111. The monoisotopic (exact) mass is 604 g/mol. The molecule has 1 aliphatic rings. The van der Waals surface area contributed by atoms with Gasteiger partial charge in [0, 0.05) is 0 Å². The fraction of sp³-hybridized carbons (Fsp3) is 0.280. The van der Waals surface area contributed by atoms with E-state index in [1.165, 1.54) is 10.9 Å². The molecule has 41 heavy (non-hydrogen) atoms. The number of nitrogen functional groups attached to an aromatic ring is 1. The minimum Gasteiger partial charge on any atom is -0.460 e. The number of fused-ring (bicyclic) bond motifs is 1. The Balaban J connectivity index is 1.27. The molecule has 1 fully saturated rings. The highest BCUT2D eigenvalue weighted by Gasteiger charge is 2.46. The lowest BCUT2D eigenvalue weighted by Crippen LogP contribution is -2.34. The van der Waals surface area contributed by atoms with Crippen LogP contribution in [0.2, 0.25) is 5.28 Å². The van der Waals surface area contributed by atoms with E-state index in [9.17, 15) is 19.6 Å². The van der Waals surface area contributed by atoms with E-state index in [1.54, 1.807) is 42.5 Å². The number of nitrogens with two attached hydrogens (primary N) is 1. The number of aromatic nitrogens is 4. The van der Waals surface area contributed by atoms with Crippen molar-refractivity contribution in [3.8, 4) is 5.75 Å². The predicted molar refractivity (Wildman–Crippen MR) is 146 cm³/mol. The highest BCUT2D eigenvalue weighted by molar-refractivity contribution is 7.52. The maximum absolute atomic E-state index is 13.7. The van der Waals surface area contributed by atoms with E-state index < -0.39 is 51.4 Å². The average molecular weight is 605 g/mol. The Kier molecular flexibility index (Phi) is 8.80. The Hall–Kier alpha value is -3.62. The third-order valence-electron chi connectivity index (χ3n) is 6.09. The number of imidazole rings is 1. The third-order valence-corrected chi connectivity index (χ3v) is 7.84. The van der Waals surface area contributed by atoms with Crippen molar-refractivity contribution in [3.05, 3.63) is 77.8 Å². The molecule has 16 heteroatoms. The van der Waals surface area contributed by atoms with Gasteiger partial charge in [-0.2, -0.15) is 0 Å². The summed E-state index contributed by atoms with van der Waals surface area (Å²) in [5, 5.41) is 23.8. The first-order valence-corrected chi connectivity index (χ1v) is 14.3. The summed E-state index contributed by atoms with van der Waals surface area (Å²) in [7, 11) is -4.23. The predicted octanol–water partition coefficient (Wildman–Crippen LogP) is 2.22. The van der Waals surface area contributed by atoms with Crippen molar-refractivity contribution in [2.75, 3.05) is 18.9 Å². The van der Waals surface area contributed by atoms with Crippen LogP contribution in [0.25, 0.3) is 11.2 Å². The SMILES string of the molecule is Nc1ncnc2c1nc(Cl)n2[C@@H]1O[C@H](COP(=O)(NCC(=O)OCc2ccccc2)Oc2ccccc2)C(O)[C@@H]1O. The number of ether oxygens (including phenoxy) is 2. The number of aliphatic hydroxyl groups excluding tert-OH is 2. The summed E-state index contributed by atoms with van der Waals surface area (Å²) in [5.41, 5.74) is 6.98. The molecule has 2 unspecified atom stereocenters. The molecule has 0 saturated carbocycles. The standard InChI is InChI=1S/C25H26ClN6O8P/c26-25-31-19-22(27)28-14-29-23(19)32(25)24-21(35)20(34)17(39-24)13-38-41(36,40-16-9-5-2-6-10-16)30-11-18(33)37-12-15-7-3-1-4-8-15/h1-10,14,17,20-21,24,34-35H,11-13H2,(H,30,36)(H2,27,28,29)/t17-,20?,21+,24-,41?/m1/s1. The fourth-order valence-electron chi connectivity index (χ4n) is 4.05. The first kappa shape index (κ1) is 28.9. The number of esters is 1. The van der Waals surface area contributed by atoms with Crippen LogP contribution in [0, 0.1) is 0 Å². The van der Waals surface area contributed by atoms with Gasteiger partial charge in [0.25, 0.3) is 0 Å². The van der Waals surface area contributed by atoms with Crippen LogP contribution in [0.1, 0.15) is 11.8 Å². The molecule has 0 radical (unpaired) electrons. The van der Waals surface area contributed by atoms with Crippen molar-refractivity contribution in [3.63, 3.8) is 0 Å². The number of nitrogens with one attached hydrogen (secondary N) is 1. The van der Waals surface area contributed by atoms with E-state index in [4.69, 9.17) is 35.9 Å². The van der Waals surface area contributed by atoms with E-state index >= 15 is 0 Å². The highest BCUT2D eigenvalue weighted by atomic mass is 35.5. The number of hydrogen-bond acceptors (Lipinski definition) is 12. The van der Waals surface area contributed by atoms with E-state index in [-0.39, 0.29) is 34.6 Å². The fourth-order valence-corrected chi connectivity index (χ4v) is 5.59. The van der Waals surface area contributed by atoms with Crippen molar-refractivity contribution in [1.82, 2.24) is 24.6 Å². The smallest absolute Gasteiger partial charge is 0.459 e. The Bertz CT molecular complexity index is 1550. The second kappa shape index (κ2) is 12.5. The molecule has 0 bridgehead atoms. The number of halogens is 1. The molecule has 1 saturated heterocycles. The summed E-state index contributed by atoms with van der Waals surface area (Å²) in [6, 6.07) is 17.2. The molecule has 2 aromatic heterocycles. The molecule has 1 aliphatic heterocycles. The van der Waals surface area contributed by atoms with Gasteiger partial charge in [0.2, 0.25) is 5.28 Å². The maximum Gasteiger partial charge on any atom is 0.459 e. The first-order chi connectivity index (χ1) is 19.7. The number of anilines is 1. The Morgan fingerprint density at radius 3 is 2.54 bits per heavy atom. The number of nitrogens with zero attached hydrogens (tertiary/aromatic N) is 4. The van der Waals surface area contributed by atoms with Gasteiger partial charge in [-0.05, 0) is 29.3 Å². The van der Waals surface area contributed by atoms with Crippen LogP contribution in [0.15, 0.2) is 67.0 Å². The number of hydrogen-bond donors (Lipinski definition) is 4. The molecule has 5 atom stereocenters. The molecule has 2 aromatic carbocycles. The van der Waals surface area contributed by atoms with Crippen LogP contribution in [0.3, 0.4) is 0 Å². The molecule has 0 aliphatic carbocycles. The molecular formula is C25H26ClN6O8P. The lowest BCUT2D eigenvalue weighted by molar-refractivity contribution is -0.143. The molecule has 3 heterocycles. The van der Waals surface area contributed by atoms with Crippen molar-refractivity contribution in [2.24, 2.45) is 0 Å². The number of benzene rings is 2. The molecule has 14 nitrogen and oxygen atoms in total. The van der Waals surface area contributed by atoms with Gasteiger partial charge >= 0.3 is 13.7 Å². The van der Waals surface area contributed by atoms with E-state index in [2.05, 4.69) is 20.0 Å². The van der Waals surface area contributed by atoms with E-state index in [1.807, 2.05) is 18.2 Å². The molecule has 0 spiro atoms. The Morgan fingerprint density at radius 2 is 1.80 bits per heavy atom. The van der Waals surface area contributed by atoms with Crippen LogP contribution >= 0.6 is 19.3 Å². The van der Waals surface area contributed by atoms with Crippen LogP contribution in [-0.2, 0) is 30.0 Å². The zero-order valence-electron chi connectivity index (χ0n) is 21.3. The number of carbonyl (C=O) groups is 1. The van der Waals surface area contributed by atoms with Gasteiger partial charge in [0.1, 0.15) is 43.5 Å². The zero-order chi connectivity index (χ0) is 29.0. The van der Waals surface area contributed by atoms with Crippen LogP contribution in [0.4, 0.5) is 5.82 Å². The second-order valence-corrected chi connectivity index (χ2v) is 11.0. The van der Waals surface area contributed by atoms with Gasteiger partial charge in [0.15, 0.2) is 23.2 Å². The van der Waals surface area contributed by atoms with Gasteiger partial charge in [-0.15, -0.1) is 0 Å². The third kappa shape index (κ3) is 6.66. The summed E-state index contributed by atoms with van der Waals surface area (Å²) in [4.78, 5) is 24.4. The van der Waals surface area contributed by atoms with Gasteiger partial charge in [0.05, 0.1) is 6.61 Å². The minimum absolute atomic E-state index is 0.0233. The van der Waals surface area contributed by atoms with Crippen LogP contribution < -0.4 is 15.3 Å². The molecule has 0 amide bonds. The van der Waals surface area contributed by atoms with Crippen molar-refractivity contribution >= 4 is 42.3 Å². The minimum atomic E-state index is -4.23. The highest BCUT2D eigenvalue weighted by Crippen LogP contribution is 2.45. The van der Waals surface area contributed by atoms with Gasteiger partial charge < -0.3 is 29.9 Å². The summed E-state index contributed by atoms with van der Waals surface area (Å²) < 4.78 is 37.1. The summed E-state index contributed by atoms with van der Waals surface area (Å²) in [5.74, 6) is -0.443. The lowest BCUT2D eigenvalue weighted by Gasteiger charge is -2.22. The second-order valence-electron chi connectivity index (χ2n) is 8.91. The molecule has 216 valence electrons. The summed E-state index contributed by atoms with van der Waals surface area (Å²) >= 11 is 6.26. The number of carbonyl (C=O) groups excluding carboxylic acids is 1. The zero-order valence-corrected chi connectivity index (χ0v) is 23.0. The van der Waals surface area contributed by atoms with E-state index in [0.717, 1.165) is 5.56 Å². The van der Waals surface area contributed by atoms with Gasteiger partial charge in [-0.1, -0.05) is 48.5 Å². The number of rotatable bonds is 11. The van der Waals surface area contributed by atoms with Crippen LogP contribution in [0.5, 0.6) is 5.75 Å². The number of aliphatic hydroxyl groups is 2. The Labute approximate surface area is 238 Å². The van der Waals surface area contributed by atoms with Crippen molar-refractivity contribution in [1.29, 1.82) is 0 Å². The normalized spacial score (nSPS) is 21.9. The van der Waals surface area contributed by atoms with Crippen molar-refractivity contribution < 1.29 is 38.1 Å². The summed E-state index contributed by atoms with van der Waals surface area (Å²) in [6.07, 6.45) is -4.22. The number of para-hydroxylation sites is 1.